The monoisotopic (exact) mass is 272 g/mol. The molecule has 0 unspecified atom stereocenters. The highest BCUT2D eigenvalue weighted by Gasteiger charge is 2.33. The molecular weight excluding hydrogens is 256 g/mol. The zero-order valence-electron chi connectivity index (χ0n) is 11.1. The third-order valence-corrected chi connectivity index (χ3v) is 3.80. The highest BCUT2D eigenvalue weighted by molar-refractivity contribution is 5.87. The molecule has 1 amide bonds. The number of rotatable bonds is 3. The fourth-order valence-corrected chi connectivity index (χ4v) is 2.47. The summed E-state index contributed by atoms with van der Waals surface area (Å²) in [5, 5.41) is 8.96. The van der Waals surface area contributed by atoms with Gasteiger partial charge in [0.15, 0.2) is 0 Å². The van der Waals surface area contributed by atoms with Gasteiger partial charge in [-0.2, -0.15) is 0 Å². The first-order valence-corrected chi connectivity index (χ1v) is 6.82. The van der Waals surface area contributed by atoms with Crippen LogP contribution in [-0.2, 0) is 4.79 Å². The van der Waals surface area contributed by atoms with Crippen LogP contribution in [0.3, 0.4) is 0 Å². The first-order chi connectivity index (χ1) is 9.65. The number of carboxylic acid groups (broad SMARTS) is 1. The average molecular weight is 272 g/mol. The second-order valence-electron chi connectivity index (χ2n) is 5.27. The topological polar surface area (TPSA) is 70.5 Å². The number of pyridine rings is 1. The lowest BCUT2D eigenvalue weighted by molar-refractivity contribution is -0.132. The number of hydrogen-bond acceptors (Lipinski definition) is 3. The van der Waals surface area contributed by atoms with E-state index in [1.807, 2.05) is 17.0 Å². The Balaban J connectivity index is 1.74. The Morgan fingerprint density at radius 1 is 1.35 bits per heavy atom. The van der Waals surface area contributed by atoms with Gasteiger partial charge in [-0.25, -0.2) is 9.78 Å². The normalized spacial score (nSPS) is 18.6. The Bertz CT molecular complexity index is 591. The van der Waals surface area contributed by atoms with Gasteiger partial charge in [-0.1, -0.05) is 6.08 Å². The van der Waals surface area contributed by atoms with Crippen molar-refractivity contribution in [3.8, 4) is 0 Å². The quantitative estimate of drug-likeness (QED) is 0.911. The van der Waals surface area contributed by atoms with Crippen molar-refractivity contribution < 1.29 is 14.7 Å². The van der Waals surface area contributed by atoms with Crippen molar-refractivity contribution in [3.63, 3.8) is 0 Å². The summed E-state index contributed by atoms with van der Waals surface area (Å²) >= 11 is 0. The van der Waals surface area contributed by atoms with E-state index in [9.17, 15) is 9.59 Å². The van der Waals surface area contributed by atoms with Crippen molar-refractivity contribution in [2.75, 3.05) is 13.1 Å². The number of nitrogens with zero attached hydrogens (tertiary/aromatic N) is 2. The van der Waals surface area contributed by atoms with Crippen LogP contribution in [0.4, 0.5) is 0 Å². The van der Waals surface area contributed by atoms with Crippen LogP contribution < -0.4 is 0 Å². The molecule has 0 bridgehead atoms. The molecule has 2 aliphatic rings. The Hall–Kier alpha value is -2.17. The SMILES string of the molecule is O=C(O)c1cc(C2=CCN(C(=O)C3CC3)CC2)ccn1. The fourth-order valence-electron chi connectivity index (χ4n) is 2.47. The minimum Gasteiger partial charge on any atom is -0.477 e. The maximum atomic E-state index is 12.0. The van der Waals surface area contributed by atoms with Crippen molar-refractivity contribution >= 4 is 17.4 Å². The van der Waals surface area contributed by atoms with Gasteiger partial charge >= 0.3 is 5.97 Å². The Kier molecular flexibility index (Phi) is 3.26. The highest BCUT2D eigenvalue weighted by Crippen LogP contribution is 2.32. The molecule has 20 heavy (non-hydrogen) atoms. The van der Waals surface area contributed by atoms with E-state index in [1.54, 1.807) is 6.07 Å². The van der Waals surface area contributed by atoms with Crippen LogP contribution >= 0.6 is 0 Å². The summed E-state index contributed by atoms with van der Waals surface area (Å²) in [7, 11) is 0. The molecule has 1 aromatic rings. The summed E-state index contributed by atoms with van der Waals surface area (Å²) in [5.41, 5.74) is 2.03. The van der Waals surface area contributed by atoms with Gasteiger partial charge in [0.2, 0.25) is 5.91 Å². The van der Waals surface area contributed by atoms with E-state index < -0.39 is 5.97 Å². The molecule has 3 rings (SSSR count). The number of aromatic nitrogens is 1. The largest absolute Gasteiger partial charge is 0.477 e. The van der Waals surface area contributed by atoms with E-state index in [-0.39, 0.29) is 17.5 Å². The van der Waals surface area contributed by atoms with Crippen LogP contribution in [0.5, 0.6) is 0 Å². The van der Waals surface area contributed by atoms with Crippen LogP contribution in [0, 0.1) is 5.92 Å². The first-order valence-electron chi connectivity index (χ1n) is 6.82. The Morgan fingerprint density at radius 2 is 2.15 bits per heavy atom. The molecule has 1 aliphatic heterocycles. The summed E-state index contributed by atoms with van der Waals surface area (Å²) in [5.74, 6) is -0.500. The van der Waals surface area contributed by atoms with E-state index in [0.29, 0.717) is 13.1 Å². The predicted molar refractivity (Wildman–Crippen MR) is 73.1 cm³/mol. The molecule has 0 atom stereocenters. The van der Waals surface area contributed by atoms with Gasteiger partial charge in [0.1, 0.15) is 5.69 Å². The lowest BCUT2D eigenvalue weighted by atomic mass is 9.99. The van der Waals surface area contributed by atoms with Crippen molar-refractivity contribution in [1.29, 1.82) is 0 Å². The number of carbonyl (C=O) groups excluding carboxylic acids is 1. The number of amides is 1. The predicted octanol–water partition coefficient (Wildman–Crippen LogP) is 1.81. The Labute approximate surface area is 116 Å². The van der Waals surface area contributed by atoms with Crippen molar-refractivity contribution in [2.45, 2.75) is 19.3 Å². The number of hydrogen-bond donors (Lipinski definition) is 1. The van der Waals surface area contributed by atoms with Gasteiger partial charge < -0.3 is 10.0 Å². The summed E-state index contributed by atoms with van der Waals surface area (Å²) in [4.78, 5) is 28.6. The molecule has 5 heteroatoms. The minimum absolute atomic E-state index is 0.0555. The van der Waals surface area contributed by atoms with Gasteiger partial charge in [0, 0.05) is 25.2 Å². The third-order valence-electron chi connectivity index (χ3n) is 3.80. The van der Waals surface area contributed by atoms with Gasteiger partial charge in [0.25, 0.3) is 0 Å². The molecule has 0 aromatic carbocycles. The summed E-state index contributed by atoms with van der Waals surface area (Å²) in [6.45, 7) is 1.33. The maximum Gasteiger partial charge on any atom is 0.354 e. The first kappa shape index (κ1) is 12.8. The highest BCUT2D eigenvalue weighted by atomic mass is 16.4. The third kappa shape index (κ3) is 2.57. The molecule has 0 spiro atoms. The van der Waals surface area contributed by atoms with Crippen LogP contribution in [0.1, 0.15) is 35.3 Å². The second kappa shape index (κ2) is 5.07. The van der Waals surface area contributed by atoms with E-state index in [4.69, 9.17) is 5.11 Å². The number of carboxylic acids is 1. The smallest absolute Gasteiger partial charge is 0.354 e. The lowest BCUT2D eigenvalue weighted by Crippen LogP contribution is -2.35. The van der Waals surface area contributed by atoms with E-state index in [2.05, 4.69) is 4.98 Å². The van der Waals surface area contributed by atoms with Crippen LogP contribution in [0.2, 0.25) is 0 Å². The molecule has 1 aliphatic carbocycles. The van der Waals surface area contributed by atoms with E-state index in [1.165, 1.54) is 6.20 Å². The summed E-state index contributed by atoms with van der Waals surface area (Å²) in [6.07, 6.45) is 6.35. The van der Waals surface area contributed by atoms with Crippen molar-refractivity contribution in [2.24, 2.45) is 5.92 Å². The van der Waals surface area contributed by atoms with E-state index >= 15 is 0 Å². The van der Waals surface area contributed by atoms with Crippen molar-refractivity contribution in [3.05, 3.63) is 35.7 Å². The van der Waals surface area contributed by atoms with Crippen LogP contribution in [0.15, 0.2) is 24.4 Å². The average Bonchev–Trinajstić information content (AvgIpc) is 3.31. The van der Waals surface area contributed by atoms with Crippen LogP contribution in [-0.4, -0.2) is 40.0 Å². The second-order valence-corrected chi connectivity index (χ2v) is 5.27. The molecule has 104 valence electrons. The van der Waals surface area contributed by atoms with Crippen LogP contribution in [0.25, 0.3) is 5.57 Å². The summed E-state index contributed by atoms with van der Waals surface area (Å²) < 4.78 is 0. The summed E-state index contributed by atoms with van der Waals surface area (Å²) in [6, 6.07) is 3.41. The standard InChI is InChI=1S/C15H16N2O3/c18-14(11-1-2-11)17-7-4-10(5-8-17)12-3-6-16-13(9-12)15(19)20/h3-4,6,9,11H,1-2,5,7-8H2,(H,19,20). The molecule has 1 N–H and O–H groups in total. The van der Waals surface area contributed by atoms with Gasteiger partial charge in [-0.15, -0.1) is 0 Å². The van der Waals surface area contributed by atoms with E-state index in [0.717, 1.165) is 30.4 Å². The van der Waals surface area contributed by atoms with Gasteiger partial charge in [-0.05, 0) is 42.5 Å². The zero-order chi connectivity index (χ0) is 14.1. The van der Waals surface area contributed by atoms with Gasteiger partial charge in [-0.3, -0.25) is 4.79 Å². The molecule has 1 aromatic heterocycles. The molecule has 0 radical (unpaired) electrons. The zero-order valence-corrected chi connectivity index (χ0v) is 11.1. The molecule has 1 saturated carbocycles. The molecule has 2 heterocycles. The number of aromatic carboxylic acids is 1. The molecular formula is C15H16N2O3. The number of carbonyl (C=O) groups is 2. The Morgan fingerprint density at radius 3 is 2.75 bits per heavy atom. The minimum atomic E-state index is -1.02. The molecule has 5 nitrogen and oxygen atoms in total. The fraction of sp³-hybridized carbons (Fsp3) is 0.400. The lowest BCUT2D eigenvalue weighted by Gasteiger charge is -2.26. The van der Waals surface area contributed by atoms with Crippen molar-refractivity contribution in [1.82, 2.24) is 9.88 Å². The van der Waals surface area contributed by atoms with Gasteiger partial charge in [0.05, 0.1) is 0 Å². The molecule has 1 fully saturated rings. The molecule has 0 saturated heterocycles. The maximum absolute atomic E-state index is 12.0.